The van der Waals surface area contributed by atoms with Crippen molar-refractivity contribution in [1.82, 2.24) is 15.6 Å². The Morgan fingerprint density at radius 3 is 2.75 bits per heavy atom. The van der Waals surface area contributed by atoms with Gasteiger partial charge in [-0.25, -0.2) is 0 Å². The van der Waals surface area contributed by atoms with E-state index in [2.05, 4.69) is 15.6 Å². The molecule has 2 atom stereocenters. The van der Waals surface area contributed by atoms with E-state index >= 15 is 0 Å². The Bertz CT molecular complexity index is 699. The number of amides is 1. The summed E-state index contributed by atoms with van der Waals surface area (Å²) in [6, 6.07) is 11.1. The van der Waals surface area contributed by atoms with E-state index < -0.39 is 11.6 Å². The van der Waals surface area contributed by atoms with Gasteiger partial charge >= 0.3 is 0 Å². The van der Waals surface area contributed by atoms with Gasteiger partial charge in [0.05, 0.1) is 22.2 Å². The Hall–Kier alpha value is -1.66. The van der Waals surface area contributed by atoms with Crippen molar-refractivity contribution < 1.29 is 9.90 Å². The van der Waals surface area contributed by atoms with Crippen molar-refractivity contribution in [3.05, 3.63) is 64.9 Å². The summed E-state index contributed by atoms with van der Waals surface area (Å²) in [5.74, 6) is -0.317. The first-order valence-electron chi connectivity index (χ1n) is 7.50. The Labute approximate surface area is 151 Å². The van der Waals surface area contributed by atoms with Crippen molar-refractivity contribution in [2.24, 2.45) is 0 Å². The lowest BCUT2D eigenvalue weighted by Gasteiger charge is -2.43. The minimum atomic E-state index is -0.837. The molecule has 5 nitrogen and oxygen atoms in total. The molecule has 1 saturated heterocycles. The average Bonchev–Trinajstić information content (AvgIpc) is 2.58. The number of aliphatic hydroxyl groups excluding tert-OH is 1. The van der Waals surface area contributed by atoms with Gasteiger partial charge in [0.2, 0.25) is 0 Å². The molecule has 1 aromatic heterocycles. The quantitative estimate of drug-likeness (QED) is 0.776. The number of nitrogens with zero attached hydrogens (tertiary/aromatic N) is 1. The summed E-state index contributed by atoms with van der Waals surface area (Å²) in [5.41, 5.74) is 0.395. The minimum Gasteiger partial charge on any atom is -0.389 e. The van der Waals surface area contributed by atoms with Crippen molar-refractivity contribution in [2.45, 2.75) is 18.1 Å². The Balaban J connectivity index is 0.00000208. The fraction of sp³-hybridized carbons (Fsp3) is 0.294. The molecule has 0 radical (unpaired) electrons. The smallest absolute Gasteiger partial charge is 0.253 e. The minimum absolute atomic E-state index is 0. The monoisotopic (exact) mass is 367 g/mol. The van der Waals surface area contributed by atoms with Crippen LogP contribution in [-0.4, -0.2) is 35.2 Å². The molecule has 7 heteroatoms. The van der Waals surface area contributed by atoms with Gasteiger partial charge in [-0.2, -0.15) is 0 Å². The molecule has 0 spiro atoms. The molecule has 3 N–H and O–H groups in total. The third-order valence-electron chi connectivity index (χ3n) is 4.25. The molecular formula is C17H19Cl2N3O2. The van der Waals surface area contributed by atoms with Crippen molar-refractivity contribution in [1.29, 1.82) is 0 Å². The molecule has 1 fully saturated rings. The van der Waals surface area contributed by atoms with E-state index in [1.807, 2.05) is 30.3 Å². The second kappa shape index (κ2) is 7.94. The first-order valence-corrected chi connectivity index (χ1v) is 7.87. The van der Waals surface area contributed by atoms with Gasteiger partial charge in [-0.3, -0.25) is 9.78 Å². The van der Waals surface area contributed by atoms with Gasteiger partial charge in [0.1, 0.15) is 0 Å². The maximum Gasteiger partial charge on any atom is 0.253 e. The van der Waals surface area contributed by atoms with Crippen LogP contribution in [0.4, 0.5) is 0 Å². The van der Waals surface area contributed by atoms with Crippen LogP contribution < -0.4 is 10.6 Å². The van der Waals surface area contributed by atoms with Crippen LogP contribution in [0.3, 0.4) is 0 Å². The molecule has 1 aliphatic heterocycles. The highest BCUT2D eigenvalue weighted by atomic mass is 35.5. The molecule has 0 saturated carbocycles. The number of hydrogen-bond acceptors (Lipinski definition) is 4. The molecule has 2 heterocycles. The zero-order valence-electron chi connectivity index (χ0n) is 12.9. The van der Waals surface area contributed by atoms with Gasteiger partial charge in [0.15, 0.2) is 0 Å². The molecule has 2 aromatic rings. The number of rotatable bonds is 3. The molecule has 0 unspecified atom stereocenters. The number of pyridine rings is 1. The first kappa shape index (κ1) is 18.7. The van der Waals surface area contributed by atoms with Gasteiger partial charge in [-0.1, -0.05) is 41.9 Å². The topological polar surface area (TPSA) is 74.2 Å². The highest BCUT2D eigenvalue weighted by Gasteiger charge is 2.43. The van der Waals surface area contributed by atoms with Gasteiger partial charge in [0, 0.05) is 18.9 Å². The standard InChI is InChI=1S/C17H18ClN3O2.ClH/c18-14-10-19-8-6-13(14)16(23)21-17(7-9-20-11-15(17)22)12-4-2-1-3-5-12;/h1-6,8,10,15,20,22H,7,9,11H2,(H,21,23);1H/t15-,17-;/m1./s1. The number of carbonyl (C=O) groups is 1. The summed E-state index contributed by atoms with van der Waals surface area (Å²) in [5, 5.41) is 17.1. The normalized spacial score (nSPS) is 23.2. The maximum absolute atomic E-state index is 12.7. The lowest BCUT2D eigenvalue weighted by atomic mass is 9.79. The Kier molecular flexibility index (Phi) is 6.18. The third-order valence-corrected chi connectivity index (χ3v) is 4.55. The number of β-amino-alcohol motifs (C(OH)–C–C–N with tert-alkyl or cyclic N) is 1. The van der Waals surface area contributed by atoms with E-state index in [1.54, 1.807) is 6.07 Å². The van der Waals surface area contributed by atoms with E-state index in [4.69, 9.17) is 11.6 Å². The van der Waals surface area contributed by atoms with Crippen LogP contribution in [-0.2, 0) is 5.54 Å². The average molecular weight is 368 g/mol. The fourth-order valence-electron chi connectivity index (χ4n) is 2.98. The number of hydrogen-bond donors (Lipinski definition) is 3. The van der Waals surface area contributed by atoms with E-state index in [0.29, 0.717) is 25.1 Å². The van der Waals surface area contributed by atoms with Gasteiger partial charge in [0.25, 0.3) is 5.91 Å². The SMILES string of the molecule is Cl.O=C(N[C@@]1(c2ccccc2)CCNC[C@H]1O)c1ccncc1Cl. The molecule has 0 bridgehead atoms. The molecule has 24 heavy (non-hydrogen) atoms. The van der Waals surface area contributed by atoms with Crippen molar-refractivity contribution >= 4 is 29.9 Å². The van der Waals surface area contributed by atoms with E-state index in [1.165, 1.54) is 12.4 Å². The van der Waals surface area contributed by atoms with Crippen molar-refractivity contribution in [2.75, 3.05) is 13.1 Å². The van der Waals surface area contributed by atoms with Crippen LogP contribution in [0.2, 0.25) is 5.02 Å². The predicted octanol–water partition coefficient (Wildman–Crippen LogP) is 2.14. The lowest BCUT2D eigenvalue weighted by Crippen LogP contribution is -2.61. The lowest BCUT2D eigenvalue weighted by molar-refractivity contribution is 0.0290. The molecule has 1 aliphatic rings. The number of carbonyl (C=O) groups excluding carboxylic acids is 1. The molecule has 0 aliphatic carbocycles. The summed E-state index contributed by atoms with van der Waals surface area (Å²) in [7, 11) is 0. The van der Waals surface area contributed by atoms with Crippen LogP contribution in [0.5, 0.6) is 0 Å². The van der Waals surface area contributed by atoms with Gasteiger partial charge in [-0.15, -0.1) is 12.4 Å². The van der Waals surface area contributed by atoms with Gasteiger partial charge in [-0.05, 0) is 24.6 Å². The molecular weight excluding hydrogens is 349 g/mol. The Morgan fingerprint density at radius 1 is 1.33 bits per heavy atom. The maximum atomic E-state index is 12.7. The van der Waals surface area contributed by atoms with Gasteiger partial charge < -0.3 is 15.7 Å². The van der Waals surface area contributed by atoms with Crippen LogP contribution in [0, 0.1) is 0 Å². The highest BCUT2D eigenvalue weighted by Crippen LogP contribution is 2.31. The summed E-state index contributed by atoms with van der Waals surface area (Å²) in [6.07, 6.45) is 2.81. The Morgan fingerprint density at radius 2 is 2.08 bits per heavy atom. The molecule has 128 valence electrons. The van der Waals surface area contributed by atoms with Crippen LogP contribution in [0.25, 0.3) is 0 Å². The number of nitrogens with one attached hydrogen (secondary N) is 2. The van der Waals surface area contributed by atoms with Crippen LogP contribution >= 0.6 is 24.0 Å². The largest absolute Gasteiger partial charge is 0.389 e. The fourth-order valence-corrected chi connectivity index (χ4v) is 3.19. The number of benzene rings is 1. The molecule has 1 amide bonds. The van der Waals surface area contributed by atoms with E-state index in [0.717, 1.165) is 5.56 Å². The number of halogens is 2. The second-order valence-corrected chi connectivity index (χ2v) is 6.02. The van der Waals surface area contributed by atoms with E-state index in [-0.39, 0.29) is 23.3 Å². The zero-order valence-corrected chi connectivity index (χ0v) is 14.5. The summed E-state index contributed by atoms with van der Waals surface area (Å²) in [4.78, 5) is 16.6. The van der Waals surface area contributed by atoms with Crippen molar-refractivity contribution in [3.63, 3.8) is 0 Å². The predicted molar refractivity (Wildman–Crippen MR) is 95.6 cm³/mol. The molecule has 1 aromatic carbocycles. The van der Waals surface area contributed by atoms with Crippen molar-refractivity contribution in [3.8, 4) is 0 Å². The number of piperidine rings is 1. The first-order chi connectivity index (χ1) is 11.1. The zero-order chi connectivity index (χ0) is 16.3. The highest BCUT2D eigenvalue weighted by molar-refractivity contribution is 6.33. The summed E-state index contributed by atoms with van der Waals surface area (Å²) >= 11 is 6.07. The summed E-state index contributed by atoms with van der Waals surface area (Å²) < 4.78 is 0. The van der Waals surface area contributed by atoms with Crippen LogP contribution in [0.1, 0.15) is 22.3 Å². The van der Waals surface area contributed by atoms with E-state index in [9.17, 15) is 9.90 Å². The second-order valence-electron chi connectivity index (χ2n) is 5.62. The number of aliphatic hydroxyl groups is 1. The number of aromatic nitrogens is 1. The summed E-state index contributed by atoms with van der Waals surface area (Å²) in [6.45, 7) is 1.12. The van der Waals surface area contributed by atoms with Crippen LogP contribution in [0.15, 0.2) is 48.8 Å². The third kappa shape index (κ3) is 3.54. The molecule has 3 rings (SSSR count).